The van der Waals surface area contributed by atoms with Gasteiger partial charge in [-0.1, -0.05) is 30.3 Å². The highest BCUT2D eigenvalue weighted by Gasteiger charge is 2.11. The van der Waals surface area contributed by atoms with Crippen LogP contribution in [0.4, 0.5) is 0 Å². The van der Waals surface area contributed by atoms with Crippen molar-refractivity contribution in [3.8, 4) is 0 Å². The number of nitrogens with zero attached hydrogens (tertiary/aromatic N) is 3. The fourth-order valence-electron chi connectivity index (χ4n) is 2.10. The maximum absolute atomic E-state index is 12.0. The monoisotopic (exact) mass is 306 g/mol. The average Bonchev–Trinajstić information content (AvgIpc) is 2.60. The number of rotatable bonds is 3. The summed E-state index contributed by atoms with van der Waals surface area (Å²) >= 11 is 0. The highest BCUT2D eigenvalue weighted by atomic mass is 16.5. The zero-order valence-corrected chi connectivity index (χ0v) is 12.4. The molecule has 1 heterocycles. The molecule has 1 N–H and O–H groups in total. The zero-order valence-electron chi connectivity index (χ0n) is 12.4. The number of hydrazone groups is 1. The van der Waals surface area contributed by atoms with Crippen molar-refractivity contribution < 1.29 is 9.52 Å². The number of para-hydroxylation sites is 2. The predicted molar refractivity (Wildman–Crippen MR) is 86.8 cm³/mol. The van der Waals surface area contributed by atoms with Crippen LogP contribution >= 0.6 is 0 Å². The van der Waals surface area contributed by atoms with Gasteiger partial charge in [0.15, 0.2) is 5.69 Å². The number of carbonyl (C=O) groups excluding carboxylic acids is 1. The van der Waals surface area contributed by atoms with Crippen LogP contribution in [0.25, 0.3) is 11.0 Å². The summed E-state index contributed by atoms with van der Waals surface area (Å²) in [5, 5.41) is 16.0. The Labute approximate surface area is 132 Å². The largest absolute Gasteiger partial charge is 0.618 e. The Morgan fingerprint density at radius 1 is 1.13 bits per heavy atom. The minimum absolute atomic E-state index is 0.319. The summed E-state index contributed by atoms with van der Waals surface area (Å²) in [6.07, 6.45) is 1.34. The molecule has 0 aliphatic rings. The van der Waals surface area contributed by atoms with Crippen molar-refractivity contribution in [3.63, 3.8) is 0 Å². The van der Waals surface area contributed by atoms with Gasteiger partial charge in [0.25, 0.3) is 5.91 Å². The highest BCUT2D eigenvalue weighted by molar-refractivity contribution is 6.00. The first kappa shape index (κ1) is 14.6. The van der Waals surface area contributed by atoms with Crippen molar-refractivity contribution in [1.29, 1.82) is 0 Å². The first-order chi connectivity index (χ1) is 11.1. The van der Waals surface area contributed by atoms with E-state index >= 15 is 0 Å². The number of nitrogens with one attached hydrogen (secondary N) is 1. The molecule has 0 saturated heterocycles. The van der Waals surface area contributed by atoms with Crippen LogP contribution in [0.2, 0.25) is 0 Å². The van der Waals surface area contributed by atoms with Crippen LogP contribution in [0.5, 0.6) is 0 Å². The minimum Gasteiger partial charge on any atom is -0.618 e. The summed E-state index contributed by atoms with van der Waals surface area (Å²) in [6, 6.07) is 15.8. The van der Waals surface area contributed by atoms with Gasteiger partial charge in [-0.15, -0.1) is 0 Å². The summed E-state index contributed by atoms with van der Waals surface area (Å²) < 4.78 is 0.746. The third-order valence-corrected chi connectivity index (χ3v) is 3.33. The molecule has 23 heavy (non-hydrogen) atoms. The molecule has 2 aromatic carbocycles. The summed E-state index contributed by atoms with van der Waals surface area (Å²) in [5.41, 5.74) is 4.89. The van der Waals surface area contributed by atoms with E-state index in [0.29, 0.717) is 28.0 Å². The number of hydrogen-bond acceptors (Lipinski definition) is 4. The summed E-state index contributed by atoms with van der Waals surface area (Å²) in [7, 11) is 0. The molecular weight excluding hydrogens is 292 g/mol. The van der Waals surface area contributed by atoms with Crippen LogP contribution in [0.3, 0.4) is 0 Å². The van der Waals surface area contributed by atoms with Gasteiger partial charge in [0.2, 0.25) is 11.7 Å². The van der Waals surface area contributed by atoms with Crippen molar-refractivity contribution >= 4 is 22.7 Å². The number of fused-ring (bicyclic) bond motifs is 1. The average molecular weight is 306 g/mol. The normalized spacial score (nSPS) is 11.4. The lowest BCUT2D eigenvalue weighted by Gasteiger charge is -2.05. The second-order valence-electron chi connectivity index (χ2n) is 4.94. The minimum atomic E-state index is -0.319. The van der Waals surface area contributed by atoms with Crippen LogP contribution < -0.4 is 10.2 Å². The van der Waals surface area contributed by atoms with Crippen molar-refractivity contribution in [2.24, 2.45) is 5.10 Å². The van der Waals surface area contributed by atoms with Crippen LogP contribution in [0, 0.1) is 5.21 Å². The molecule has 0 unspecified atom stereocenters. The fourth-order valence-corrected chi connectivity index (χ4v) is 2.10. The molecule has 0 atom stereocenters. The maximum Gasteiger partial charge on any atom is 0.271 e. The van der Waals surface area contributed by atoms with Crippen LogP contribution in [-0.2, 0) is 0 Å². The first-order valence-corrected chi connectivity index (χ1v) is 7.04. The molecular formula is C17H14N4O2. The number of aromatic nitrogens is 2. The van der Waals surface area contributed by atoms with Crippen molar-refractivity contribution in [3.05, 3.63) is 77.3 Å². The van der Waals surface area contributed by atoms with Gasteiger partial charge in [-0.3, -0.25) is 4.79 Å². The zero-order chi connectivity index (χ0) is 16.2. The fraction of sp³-hybridized carbons (Fsp3) is 0.0588. The molecule has 3 aromatic rings. The number of hydrogen-bond donors (Lipinski definition) is 1. The molecule has 0 saturated carbocycles. The van der Waals surface area contributed by atoms with Gasteiger partial charge in [-0.2, -0.15) is 9.83 Å². The van der Waals surface area contributed by atoms with Crippen molar-refractivity contribution in [2.45, 2.75) is 6.92 Å². The van der Waals surface area contributed by atoms with E-state index in [1.807, 2.05) is 12.1 Å². The third-order valence-electron chi connectivity index (χ3n) is 3.33. The van der Waals surface area contributed by atoms with E-state index in [1.165, 1.54) is 6.20 Å². The molecule has 0 bridgehead atoms. The Morgan fingerprint density at radius 2 is 1.83 bits per heavy atom. The molecule has 1 aromatic heterocycles. The SMILES string of the molecule is C/C(=N/NC(=O)c1ccccc1)c1c[n+]([O-])c2ccccc2n1. The van der Waals surface area contributed by atoms with E-state index in [2.05, 4.69) is 15.5 Å². The molecule has 0 aliphatic heterocycles. The number of amides is 1. The topological polar surface area (TPSA) is 81.3 Å². The van der Waals surface area contributed by atoms with Crippen molar-refractivity contribution in [2.75, 3.05) is 0 Å². The molecule has 0 radical (unpaired) electrons. The molecule has 6 nitrogen and oxygen atoms in total. The van der Waals surface area contributed by atoms with Crippen LogP contribution in [0.1, 0.15) is 23.0 Å². The van der Waals surface area contributed by atoms with Gasteiger partial charge in [-0.05, 0) is 25.1 Å². The molecule has 6 heteroatoms. The molecule has 0 fully saturated rings. The lowest BCUT2D eigenvalue weighted by Crippen LogP contribution is -2.29. The van der Waals surface area contributed by atoms with E-state index in [-0.39, 0.29) is 5.91 Å². The Hall–Kier alpha value is -3.28. The third kappa shape index (κ3) is 3.16. The summed E-state index contributed by atoms with van der Waals surface area (Å²) in [4.78, 5) is 16.3. The molecule has 1 amide bonds. The standard InChI is InChI=1S/C17H14N4O2/c1-12(19-20-17(22)13-7-3-2-4-8-13)15-11-21(23)16-10-6-5-9-14(16)18-15/h2-11H,1H3,(H,20,22)/b19-12-. The number of carbonyl (C=O) groups is 1. The van der Waals surface area contributed by atoms with E-state index in [0.717, 1.165) is 4.73 Å². The predicted octanol–water partition coefficient (Wildman–Crippen LogP) is 2.02. The second-order valence-corrected chi connectivity index (χ2v) is 4.94. The van der Waals surface area contributed by atoms with Gasteiger partial charge >= 0.3 is 0 Å². The molecule has 0 aliphatic carbocycles. The smallest absolute Gasteiger partial charge is 0.271 e. The van der Waals surface area contributed by atoms with E-state index < -0.39 is 0 Å². The van der Waals surface area contributed by atoms with Gasteiger partial charge in [0.05, 0.1) is 5.71 Å². The summed E-state index contributed by atoms with van der Waals surface area (Å²) in [6.45, 7) is 1.68. The number of benzene rings is 2. The maximum atomic E-state index is 12.0. The van der Waals surface area contributed by atoms with E-state index in [9.17, 15) is 10.0 Å². The first-order valence-electron chi connectivity index (χ1n) is 7.04. The lowest BCUT2D eigenvalue weighted by molar-refractivity contribution is -0.577. The van der Waals surface area contributed by atoms with Gasteiger partial charge < -0.3 is 5.21 Å². The van der Waals surface area contributed by atoms with Gasteiger partial charge in [0, 0.05) is 11.6 Å². The van der Waals surface area contributed by atoms with Gasteiger partial charge in [0.1, 0.15) is 5.52 Å². The van der Waals surface area contributed by atoms with Gasteiger partial charge in [-0.25, -0.2) is 10.4 Å². The Kier molecular flexibility index (Phi) is 3.97. The second kappa shape index (κ2) is 6.23. The summed E-state index contributed by atoms with van der Waals surface area (Å²) in [5.74, 6) is -0.319. The molecule has 0 spiro atoms. The van der Waals surface area contributed by atoms with Crippen LogP contribution in [-0.4, -0.2) is 16.6 Å². The van der Waals surface area contributed by atoms with E-state index in [4.69, 9.17) is 0 Å². The highest BCUT2D eigenvalue weighted by Crippen LogP contribution is 2.07. The quantitative estimate of drug-likeness (QED) is 0.348. The van der Waals surface area contributed by atoms with E-state index in [1.54, 1.807) is 49.4 Å². The van der Waals surface area contributed by atoms with Crippen molar-refractivity contribution in [1.82, 2.24) is 10.4 Å². The van der Waals surface area contributed by atoms with Crippen LogP contribution in [0.15, 0.2) is 65.9 Å². The lowest BCUT2D eigenvalue weighted by atomic mass is 10.2. The Bertz CT molecular complexity index is 891. The Morgan fingerprint density at radius 3 is 2.61 bits per heavy atom. The molecule has 3 rings (SSSR count). The Balaban J connectivity index is 1.85. The molecule has 114 valence electrons.